The lowest BCUT2D eigenvalue weighted by Gasteiger charge is -2.09. The van der Waals surface area contributed by atoms with Crippen LogP contribution < -0.4 is 15.7 Å². The Labute approximate surface area is 161 Å². The second kappa shape index (κ2) is 7.80. The highest BCUT2D eigenvalue weighted by atomic mass is 16.5. The average Bonchev–Trinajstić information content (AvgIpc) is 2.72. The number of hydrogen-bond acceptors (Lipinski definition) is 4. The summed E-state index contributed by atoms with van der Waals surface area (Å²) in [5.74, 6) is 0.925. The van der Waals surface area contributed by atoms with Gasteiger partial charge in [-0.15, -0.1) is 0 Å². The molecule has 0 saturated carbocycles. The van der Waals surface area contributed by atoms with Gasteiger partial charge < -0.3 is 14.5 Å². The Morgan fingerprint density at radius 1 is 0.857 bits per heavy atom. The Morgan fingerprint density at radius 2 is 1.61 bits per heavy atom. The molecule has 28 heavy (non-hydrogen) atoms. The molecule has 0 unspecified atom stereocenters. The zero-order valence-electron chi connectivity index (χ0n) is 14.9. The maximum atomic E-state index is 12.5. The molecule has 1 amide bonds. The summed E-state index contributed by atoms with van der Waals surface area (Å²) in [7, 11) is 0. The van der Waals surface area contributed by atoms with Crippen molar-refractivity contribution in [3.05, 3.63) is 106 Å². The number of para-hydroxylation sites is 2. The largest absolute Gasteiger partial charge is 0.457 e. The first-order valence-electron chi connectivity index (χ1n) is 8.82. The molecular formula is C23H17NO4. The Kier molecular flexibility index (Phi) is 4.89. The number of amides is 1. The Morgan fingerprint density at radius 3 is 2.46 bits per heavy atom. The lowest BCUT2D eigenvalue weighted by molar-refractivity contribution is 0.0947. The molecule has 0 aliphatic heterocycles. The smallest absolute Gasteiger partial charge is 0.349 e. The predicted molar refractivity (Wildman–Crippen MR) is 107 cm³/mol. The van der Waals surface area contributed by atoms with Gasteiger partial charge in [0.25, 0.3) is 5.91 Å². The lowest BCUT2D eigenvalue weighted by Crippen LogP contribution is -2.27. The highest BCUT2D eigenvalue weighted by Crippen LogP contribution is 2.21. The zero-order valence-corrected chi connectivity index (χ0v) is 14.9. The van der Waals surface area contributed by atoms with Crippen molar-refractivity contribution in [3.8, 4) is 11.5 Å². The number of fused-ring (bicyclic) bond motifs is 1. The van der Waals surface area contributed by atoms with Gasteiger partial charge in [0.1, 0.15) is 22.6 Å². The number of hydrogen-bond donors (Lipinski definition) is 1. The molecule has 1 aromatic heterocycles. The molecule has 5 heteroatoms. The first kappa shape index (κ1) is 17.5. The average molecular weight is 371 g/mol. The van der Waals surface area contributed by atoms with E-state index < -0.39 is 11.5 Å². The van der Waals surface area contributed by atoms with Gasteiger partial charge in [-0.2, -0.15) is 0 Å². The summed E-state index contributed by atoms with van der Waals surface area (Å²) in [6.07, 6.45) is 0. The van der Waals surface area contributed by atoms with Crippen LogP contribution in [0.5, 0.6) is 11.5 Å². The van der Waals surface area contributed by atoms with E-state index in [1.165, 1.54) is 0 Å². The molecule has 5 nitrogen and oxygen atoms in total. The van der Waals surface area contributed by atoms with Crippen LogP contribution in [0.1, 0.15) is 15.9 Å². The van der Waals surface area contributed by atoms with Gasteiger partial charge in [0.2, 0.25) is 0 Å². The summed E-state index contributed by atoms with van der Waals surface area (Å²) in [6.45, 7) is 0.261. The molecule has 138 valence electrons. The summed E-state index contributed by atoms with van der Waals surface area (Å²) >= 11 is 0. The molecule has 0 spiro atoms. The van der Waals surface area contributed by atoms with Crippen molar-refractivity contribution in [1.82, 2.24) is 5.32 Å². The fourth-order valence-corrected chi connectivity index (χ4v) is 2.84. The van der Waals surface area contributed by atoms with Gasteiger partial charge in [0.05, 0.1) is 0 Å². The number of nitrogens with one attached hydrogen (secondary N) is 1. The molecule has 0 saturated heterocycles. The van der Waals surface area contributed by atoms with Crippen LogP contribution in [0, 0.1) is 0 Å². The van der Waals surface area contributed by atoms with E-state index in [4.69, 9.17) is 9.15 Å². The van der Waals surface area contributed by atoms with Crippen LogP contribution in [0.4, 0.5) is 0 Å². The van der Waals surface area contributed by atoms with Crippen molar-refractivity contribution in [3.63, 3.8) is 0 Å². The summed E-state index contributed by atoms with van der Waals surface area (Å²) in [5, 5.41) is 3.46. The first-order valence-corrected chi connectivity index (χ1v) is 8.82. The molecule has 0 aliphatic rings. The number of carbonyl (C=O) groups is 1. The van der Waals surface area contributed by atoms with Gasteiger partial charge in [0, 0.05) is 11.9 Å². The standard InChI is InChI=1S/C23H17NO4/c25-22(20-14-17-8-4-5-12-21(17)28-23(20)26)24-15-16-7-6-11-19(13-16)27-18-9-2-1-3-10-18/h1-14H,15H2,(H,24,25). The first-order chi connectivity index (χ1) is 13.7. The van der Waals surface area contributed by atoms with Crippen molar-refractivity contribution >= 4 is 16.9 Å². The van der Waals surface area contributed by atoms with E-state index in [0.29, 0.717) is 16.7 Å². The third-order valence-electron chi connectivity index (χ3n) is 4.22. The molecule has 3 aromatic carbocycles. The van der Waals surface area contributed by atoms with E-state index in [1.54, 1.807) is 24.3 Å². The topological polar surface area (TPSA) is 68.5 Å². The summed E-state index contributed by atoms with van der Waals surface area (Å²) in [4.78, 5) is 24.6. The monoisotopic (exact) mass is 371 g/mol. The molecule has 0 radical (unpaired) electrons. The molecule has 0 atom stereocenters. The number of ether oxygens (including phenoxy) is 1. The van der Waals surface area contributed by atoms with E-state index >= 15 is 0 Å². The van der Waals surface area contributed by atoms with Gasteiger partial charge in [0.15, 0.2) is 0 Å². The molecule has 0 aliphatic carbocycles. The van der Waals surface area contributed by atoms with Crippen molar-refractivity contribution in [2.24, 2.45) is 0 Å². The van der Waals surface area contributed by atoms with Crippen LogP contribution in [-0.2, 0) is 6.54 Å². The van der Waals surface area contributed by atoms with E-state index in [-0.39, 0.29) is 12.1 Å². The fraction of sp³-hybridized carbons (Fsp3) is 0.0435. The Balaban J connectivity index is 1.47. The van der Waals surface area contributed by atoms with Crippen molar-refractivity contribution in [2.45, 2.75) is 6.54 Å². The van der Waals surface area contributed by atoms with Crippen LogP contribution in [-0.4, -0.2) is 5.91 Å². The predicted octanol–water partition coefficient (Wildman–Crippen LogP) is 4.52. The molecule has 4 aromatic rings. The van der Waals surface area contributed by atoms with E-state index in [0.717, 1.165) is 11.3 Å². The van der Waals surface area contributed by atoms with E-state index in [2.05, 4.69) is 5.32 Å². The summed E-state index contributed by atoms with van der Waals surface area (Å²) in [6, 6.07) is 25.5. The van der Waals surface area contributed by atoms with Gasteiger partial charge >= 0.3 is 5.63 Å². The highest BCUT2D eigenvalue weighted by molar-refractivity contribution is 5.96. The second-order valence-electron chi connectivity index (χ2n) is 6.23. The molecule has 1 N–H and O–H groups in total. The highest BCUT2D eigenvalue weighted by Gasteiger charge is 2.13. The fourth-order valence-electron chi connectivity index (χ4n) is 2.84. The van der Waals surface area contributed by atoms with Crippen LogP contribution in [0.2, 0.25) is 0 Å². The molecule has 0 bridgehead atoms. The number of carbonyl (C=O) groups excluding carboxylic acids is 1. The van der Waals surface area contributed by atoms with Crippen LogP contribution in [0.3, 0.4) is 0 Å². The summed E-state index contributed by atoms with van der Waals surface area (Å²) in [5.41, 5.74) is 0.634. The second-order valence-corrected chi connectivity index (χ2v) is 6.23. The third-order valence-corrected chi connectivity index (χ3v) is 4.22. The van der Waals surface area contributed by atoms with Crippen molar-refractivity contribution in [2.75, 3.05) is 0 Å². The molecular weight excluding hydrogens is 354 g/mol. The van der Waals surface area contributed by atoms with Crippen LogP contribution in [0.15, 0.2) is 94.1 Å². The minimum Gasteiger partial charge on any atom is -0.457 e. The van der Waals surface area contributed by atoms with E-state index in [1.807, 2.05) is 60.7 Å². The maximum Gasteiger partial charge on any atom is 0.349 e. The van der Waals surface area contributed by atoms with Crippen molar-refractivity contribution < 1.29 is 13.9 Å². The van der Waals surface area contributed by atoms with Crippen molar-refractivity contribution in [1.29, 1.82) is 0 Å². The minimum absolute atomic E-state index is 0.0182. The van der Waals surface area contributed by atoms with Crippen LogP contribution >= 0.6 is 0 Å². The van der Waals surface area contributed by atoms with Gasteiger partial charge in [-0.05, 0) is 42.0 Å². The minimum atomic E-state index is -0.655. The molecule has 0 fully saturated rings. The Bertz CT molecular complexity index is 1180. The third kappa shape index (κ3) is 3.94. The lowest BCUT2D eigenvalue weighted by atomic mass is 10.1. The van der Waals surface area contributed by atoms with Gasteiger partial charge in [-0.25, -0.2) is 4.79 Å². The molecule has 4 rings (SSSR count). The zero-order chi connectivity index (χ0) is 19.3. The summed E-state index contributed by atoms with van der Waals surface area (Å²) < 4.78 is 11.0. The van der Waals surface area contributed by atoms with Crippen LogP contribution in [0.25, 0.3) is 11.0 Å². The number of rotatable bonds is 5. The normalized spacial score (nSPS) is 10.6. The quantitative estimate of drug-likeness (QED) is 0.524. The SMILES string of the molecule is O=C(NCc1cccc(Oc2ccccc2)c1)c1cc2ccccc2oc1=O. The van der Waals surface area contributed by atoms with Gasteiger partial charge in [-0.3, -0.25) is 4.79 Å². The Hall–Kier alpha value is -3.86. The number of benzene rings is 3. The maximum absolute atomic E-state index is 12.5. The molecule has 1 heterocycles. The van der Waals surface area contributed by atoms with Gasteiger partial charge in [-0.1, -0.05) is 48.5 Å². The van der Waals surface area contributed by atoms with E-state index in [9.17, 15) is 9.59 Å².